The number of carbonyl (C=O) groups is 1. The monoisotopic (exact) mass is 548 g/mol. The molecule has 0 saturated carbocycles. The molecule has 2 heterocycles. The van der Waals surface area contributed by atoms with Crippen LogP contribution in [-0.2, 0) is 0 Å². The quantitative estimate of drug-likeness (QED) is 0.280. The summed E-state index contributed by atoms with van der Waals surface area (Å²) in [6, 6.07) is 10.8. The number of alkyl halides is 2. The Morgan fingerprint density at radius 1 is 1.23 bits per heavy atom. The van der Waals surface area contributed by atoms with E-state index < -0.39 is 6.43 Å². The van der Waals surface area contributed by atoms with Crippen molar-refractivity contribution in [2.24, 2.45) is 4.99 Å². The number of rotatable bonds is 5. The van der Waals surface area contributed by atoms with E-state index in [0.717, 1.165) is 13.6 Å². The Kier molecular flexibility index (Phi) is 5.59. The molecule has 0 N–H and O–H groups in total. The number of hydrogen-bond donors (Lipinski definition) is 0. The third kappa shape index (κ3) is 4.06. The molecule has 2 aromatic heterocycles. The van der Waals surface area contributed by atoms with Gasteiger partial charge in [0, 0.05) is 0 Å². The zero-order valence-corrected chi connectivity index (χ0v) is 17.5. The van der Waals surface area contributed by atoms with E-state index in [2.05, 4.69) is 20.2 Å². The summed E-state index contributed by atoms with van der Waals surface area (Å²) in [5.41, 5.74) is 1.01. The first-order valence-electron chi connectivity index (χ1n) is 7.53. The summed E-state index contributed by atoms with van der Waals surface area (Å²) in [6.07, 6.45) is -0.177. The Balaban J connectivity index is 2.00. The van der Waals surface area contributed by atoms with Crippen LogP contribution < -0.4 is 0 Å². The van der Waals surface area contributed by atoms with Crippen molar-refractivity contribution in [3.63, 3.8) is 0 Å². The topological polar surface area (TPSA) is 73.0 Å². The summed E-state index contributed by atoms with van der Waals surface area (Å²) >= 11 is 0.648. The van der Waals surface area contributed by atoms with Crippen molar-refractivity contribution in [3.8, 4) is 5.82 Å². The molecule has 3 radical (unpaired) electrons. The molecule has 3 rings (SSSR count). The number of benzene rings is 1. The number of aliphatic imine (C=N–C) groups is 1. The van der Waals surface area contributed by atoms with E-state index >= 15 is 0 Å². The zero-order chi connectivity index (χ0) is 18.7. The van der Waals surface area contributed by atoms with E-state index in [4.69, 9.17) is 0 Å². The number of Topliss-reactive ketones (excluding diaryl/α,β-unsaturated/α-hetero) is 1. The first kappa shape index (κ1) is 18.4. The second-order valence-corrected chi connectivity index (χ2v) is 7.15. The van der Waals surface area contributed by atoms with E-state index in [1.165, 1.54) is 25.4 Å². The van der Waals surface area contributed by atoms with Gasteiger partial charge in [0.1, 0.15) is 0 Å². The molecule has 129 valence electrons. The average Bonchev–Trinajstić information content (AvgIpc) is 3.12. The van der Waals surface area contributed by atoms with Gasteiger partial charge in [-0.15, -0.1) is 0 Å². The van der Waals surface area contributed by atoms with Crippen molar-refractivity contribution >= 4 is 40.5 Å². The predicted molar refractivity (Wildman–Crippen MR) is 92.5 cm³/mol. The van der Waals surface area contributed by atoms with E-state index in [9.17, 15) is 13.6 Å². The van der Waals surface area contributed by atoms with Crippen molar-refractivity contribution < 1.29 is 13.6 Å². The zero-order valence-electron chi connectivity index (χ0n) is 13.6. The van der Waals surface area contributed by atoms with Crippen molar-refractivity contribution in [2.75, 3.05) is 0 Å². The van der Waals surface area contributed by atoms with Crippen LogP contribution in [0.25, 0.3) is 5.82 Å². The number of ketones is 1. The van der Waals surface area contributed by atoms with Crippen LogP contribution in [0.2, 0.25) is 0 Å². The van der Waals surface area contributed by atoms with Crippen molar-refractivity contribution in [2.45, 2.75) is 13.3 Å². The fourth-order valence-electron chi connectivity index (χ4n) is 2.17. The first-order valence-corrected chi connectivity index (χ1v) is 9.47. The second-order valence-electron chi connectivity index (χ2n) is 5.31. The predicted octanol–water partition coefficient (Wildman–Crippen LogP) is 3.05. The van der Waals surface area contributed by atoms with Gasteiger partial charge in [-0.2, -0.15) is 0 Å². The summed E-state index contributed by atoms with van der Waals surface area (Å²) < 4.78 is 27.8. The van der Waals surface area contributed by atoms with Gasteiger partial charge in [-0.05, 0) is 0 Å². The fraction of sp³-hybridized carbons (Fsp3) is 0.118. The van der Waals surface area contributed by atoms with Gasteiger partial charge in [-0.25, -0.2) is 0 Å². The van der Waals surface area contributed by atoms with E-state index in [0.29, 0.717) is 31.5 Å². The maximum atomic E-state index is 13.5. The SMILES string of the molecule is CC(=O)c1cnn(-c2ncc(N=[C]([Pb])c3ccccc3)cc2C(F)F)n1. The Bertz CT molecular complexity index is 972. The molecule has 1 aromatic carbocycles. The molecule has 0 saturated heterocycles. The molecule has 0 aliphatic rings. The van der Waals surface area contributed by atoms with Gasteiger partial charge in [0.25, 0.3) is 0 Å². The van der Waals surface area contributed by atoms with Crippen LogP contribution in [-0.4, -0.2) is 54.8 Å². The van der Waals surface area contributed by atoms with Gasteiger partial charge in [0.2, 0.25) is 0 Å². The minimum absolute atomic E-state index is 0.0834. The van der Waals surface area contributed by atoms with Crippen LogP contribution in [0.1, 0.15) is 35.0 Å². The molecule has 0 spiro atoms. The fourth-order valence-corrected chi connectivity index (χ4v) is 3.32. The molecule has 0 aliphatic carbocycles. The van der Waals surface area contributed by atoms with E-state index in [1.54, 1.807) is 0 Å². The first-order chi connectivity index (χ1) is 12.5. The molecule has 0 amide bonds. The van der Waals surface area contributed by atoms with Crippen LogP contribution in [0.5, 0.6) is 0 Å². The molecule has 0 fully saturated rings. The van der Waals surface area contributed by atoms with E-state index in [1.807, 2.05) is 30.3 Å². The van der Waals surface area contributed by atoms with Gasteiger partial charge in [0.15, 0.2) is 0 Å². The summed E-state index contributed by atoms with van der Waals surface area (Å²) in [6.45, 7) is 1.32. The second kappa shape index (κ2) is 7.89. The molecule has 0 atom stereocenters. The standard InChI is InChI=1S/C17H12F2N5O.Pb/c1-11(25)15-10-22-24(23-15)17-14(16(18)19)7-13(9-21-17)20-8-12-5-3-2-4-6-12;/h2-7,9-10,16H,1H3;. The van der Waals surface area contributed by atoms with Gasteiger partial charge in [0.05, 0.1) is 0 Å². The third-order valence-corrected chi connectivity index (χ3v) is 5.00. The third-order valence-electron chi connectivity index (χ3n) is 3.45. The molecular weight excluding hydrogens is 535 g/mol. The molecule has 26 heavy (non-hydrogen) atoms. The number of halogens is 2. The molecule has 0 bridgehead atoms. The normalized spacial score (nSPS) is 11.8. The van der Waals surface area contributed by atoms with Crippen molar-refractivity contribution in [1.82, 2.24) is 20.0 Å². The van der Waals surface area contributed by atoms with Gasteiger partial charge >= 0.3 is 164 Å². The Morgan fingerprint density at radius 3 is 2.58 bits per heavy atom. The van der Waals surface area contributed by atoms with Gasteiger partial charge < -0.3 is 0 Å². The Hall–Kier alpha value is -2.37. The minimum atomic E-state index is -2.78. The maximum absolute atomic E-state index is 13.5. The van der Waals surface area contributed by atoms with Crippen LogP contribution in [0, 0.1) is 0 Å². The van der Waals surface area contributed by atoms with E-state index in [-0.39, 0.29) is 22.9 Å². The van der Waals surface area contributed by atoms with Crippen LogP contribution in [0.4, 0.5) is 14.5 Å². The number of aromatic nitrogens is 4. The number of nitrogens with zero attached hydrogens (tertiary/aromatic N) is 5. The van der Waals surface area contributed by atoms with Crippen LogP contribution in [0.15, 0.2) is 53.8 Å². The Labute approximate surface area is 163 Å². The summed E-state index contributed by atoms with van der Waals surface area (Å²) in [7, 11) is 0. The van der Waals surface area contributed by atoms with Crippen molar-refractivity contribution in [3.05, 3.63) is 65.6 Å². The van der Waals surface area contributed by atoms with Crippen molar-refractivity contribution in [1.29, 1.82) is 0 Å². The molecule has 0 aliphatic heterocycles. The molecule has 0 unspecified atom stereocenters. The van der Waals surface area contributed by atoms with Gasteiger partial charge in [-0.3, -0.25) is 0 Å². The number of hydrogen-bond acceptors (Lipinski definition) is 5. The van der Waals surface area contributed by atoms with Gasteiger partial charge in [-0.1, -0.05) is 0 Å². The Morgan fingerprint density at radius 2 is 1.96 bits per heavy atom. The summed E-state index contributed by atoms with van der Waals surface area (Å²) in [5, 5.41) is 7.74. The number of carbonyl (C=O) groups excluding carboxylic acids is 1. The molecule has 3 aromatic rings. The average molecular weight is 548 g/mol. The molecule has 6 nitrogen and oxygen atoms in total. The molecule has 9 heteroatoms. The van der Waals surface area contributed by atoms with Crippen LogP contribution >= 0.6 is 0 Å². The summed E-state index contributed by atoms with van der Waals surface area (Å²) in [4.78, 5) is 20.7. The van der Waals surface area contributed by atoms with Crippen LogP contribution in [0.3, 0.4) is 0 Å². The molecular formula is C17H12F2N5OPb. The number of pyridine rings is 1. The summed E-state index contributed by atoms with van der Waals surface area (Å²) in [5.74, 6) is -0.430.